The number of benzene rings is 2. The second-order valence-corrected chi connectivity index (χ2v) is 6.10. The number of hydrogen-bond acceptors (Lipinski definition) is 5. The van der Waals surface area contributed by atoms with Gasteiger partial charge in [-0.3, -0.25) is 4.79 Å². The van der Waals surface area contributed by atoms with Gasteiger partial charge in [0.25, 0.3) is 0 Å². The minimum Gasteiger partial charge on any atom is -0.493 e. The number of aromatic nitrogens is 2. The lowest BCUT2D eigenvalue weighted by Gasteiger charge is -2.07. The minimum absolute atomic E-state index is 0.124. The minimum atomic E-state index is -0.124. The molecule has 0 spiro atoms. The highest BCUT2D eigenvalue weighted by molar-refractivity contribution is 6.07. The third kappa shape index (κ3) is 3.42. The van der Waals surface area contributed by atoms with Crippen LogP contribution in [0, 0.1) is 0 Å². The topological polar surface area (TPSA) is 83.9 Å². The van der Waals surface area contributed by atoms with Crippen molar-refractivity contribution >= 4 is 11.9 Å². The van der Waals surface area contributed by atoms with E-state index >= 15 is 0 Å². The van der Waals surface area contributed by atoms with Crippen molar-refractivity contribution in [1.82, 2.24) is 5.10 Å². The standard InChI is InChI=1S/C21H18N2O5/c1-25-18-7-3-13(9-20(18)26-2)16-11-15(22-23-16)5-6-17(24)14-4-8-19-21(10-14)28-12-27-19/h3-11H,12H2,1-2H3,(H,22,23)/p+1/b6-5+. The lowest BCUT2D eigenvalue weighted by molar-refractivity contribution is -0.437. The van der Waals surface area contributed by atoms with E-state index in [0.717, 1.165) is 17.0 Å². The lowest BCUT2D eigenvalue weighted by Crippen LogP contribution is -2.05. The predicted octanol–water partition coefficient (Wildman–Crippen LogP) is 3.14. The maximum atomic E-state index is 12.4. The zero-order valence-corrected chi connectivity index (χ0v) is 15.4. The third-order valence-electron chi connectivity index (χ3n) is 4.41. The van der Waals surface area contributed by atoms with Gasteiger partial charge >= 0.3 is 0 Å². The number of ether oxygens (including phenoxy) is 4. The summed E-state index contributed by atoms with van der Waals surface area (Å²) in [5.74, 6) is 2.42. The molecule has 7 nitrogen and oxygen atoms in total. The van der Waals surface area contributed by atoms with Crippen LogP contribution < -0.4 is 24.0 Å². The second-order valence-electron chi connectivity index (χ2n) is 6.10. The average molecular weight is 379 g/mol. The Bertz CT molecular complexity index is 1050. The summed E-state index contributed by atoms with van der Waals surface area (Å²) >= 11 is 0. The fraction of sp³-hybridized carbons (Fsp3) is 0.143. The summed E-state index contributed by atoms with van der Waals surface area (Å²) in [6.07, 6.45) is 3.23. The molecular formula is C21H19N2O5+. The lowest BCUT2D eigenvalue weighted by atomic mass is 10.1. The molecule has 0 saturated heterocycles. The molecule has 0 amide bonds. The van der Waals surface area contributed by atoms with E-state index in [-0.39, 0.29) is 12.6 Å². The molecule has 0 atom stereocenters. The fourth-order valence-electron chi connectivity index (χ4n) is 2.93. The molecule has 1 aliphatic rings. The highest BCUT2D eigenvalue weighted by Gasteiger charge is 2.16. The summed E-state index contributed by atoms with van der Waals surface area (Å²) in [7, 11) is 3.19. The third-order valence-corrected chi connectivity index (χ3v) is 4.41. The van der Waals surface area contributed by atoms with Gasteiger partial charge in [-0.15, -0.1) is 5.10 Å². The number of carbonyl (C=O) groups excluding carboxylic acids is 1. The van der Waals surface area contributed by atoms with Crippen molar-refractivity contribution in [3.8, 4) is 34.3 Å². The predicted molar refractivity (Wildman–Crippen MR) is 102 cm³/mol. The van der Waals surface area contributed by atoms with Crippen LogP contribution in [0.4, 0.5) is 0 Å². The number of allylic oxidation sites excluding steroid dienone is 1. The molecule has 2 aromatic carbocycles. The van der Waals surface area contributed by atoms with E-state index in [0.29, 0.717) is 28.6 Å². The van der Waals surface area contributed by atoms with Crippen LogP contribution in [0.2, 0.25) is 0 Å². The first-order valence-electron chi connectivity index (χ1n) is 8.63. The summed E-state index contributed by atoms with van der Waals surface area (Å²) in [6, 6.07) is 12.7. The van der Waals surface area contributed by atoms with Gasteiger partial charge < -0.3 is 18.9 Å². The van der Waals surface area contributed by atoms with Crippen LogP contribution >= 0.6 is 0 Å². The maximum absolute atomic E-state index is 12.4. The molecule has 0 bridgehead atoms. The number of aromatic amines is 2. The van der Waals surface area contributed by atoms with Crippen molar-refractivity contribution in [2.45, 2.75) is 0 Å². The number of H-pyrrole nitrogens is 2. The summed E-state index contributed by atoms with van der Waals surface area (Å²) in [6.45, 7) is 0.181. The van der Waals surface area contributed by atoms with Gasteiger partial charge in [-0.25, -0.2) is 0 Å². The van der Waals surface area contributed by atoms with E-state index in [1.807, 2.05) is 24.3 Å². The van der Waals surface area contributed by atoms with Crippen LogP contribution in [-0.4, -0.2) is 31.9 Å². The van der Waals surface area contributed by atoms with E-state index < -0.39 is 0 Å². The molecule has 2 heterocycles. The number of ketones is 1. The Morgan fingerprint density at radius 3 is 2.68 bits per heavy atom. The van der Waals surface area contributed by atoms with Gasteiger partial charge in [0.2, 0.25) is 12.5 Å². The summed E-state index contributed by atoms with van der Waals surface area (Å²) in [4.78, 5) is 12.4. The molecule has 0 fully saturated rings. The first-order chi connectivity index (χ1) is 13.7. The number of hydrogen-bond donors (Lipinski definition) is 1. The monoisotopic (exact) mass is 379 g/mol. The SMILES string of the molecule is COc1ccc(-c2cc(/C=C/C(=O)c3ccc4c(c3)OCO4)[nH][nH+]2)cc1OC. The van der Waals surface area contributed by atoms with Gasteiger partial charge in [-0.1, -0.05) is 0 Å². The molecule has 4 rings (SSSR count). The van der Waals surface area contributed by atoms with Gasteiger partial charge in [-0.05, 0) is 48.6 Å². The number of carbonyl (C=O) groups is 1. The van der Waals surface area contributed by atoms with Crippen LogP contribution in [0.25, 0.3) is 17.3 Å². The largest absolute Gasteiger partial charge is 0.493 e. The van der Waals surface area contributed by atoms with Crippen LogP contribution in [0.5, 0.6) is 23.0 Å². The summed E-state index contributed by atoms with van der Waals surface area (Å²) in [5, 5.41) is 6.13. The Kier molecular flexibility index (Phi) is 4.72. The van der Waals surface area contributed by atoms with E-state index in [9.17, 15) is 4.79 Å². The zero-order chi connectivity index (χ0) is 19.5. The highest BCUT2D eigenvalue weighted by atomic mass is 16.7. The Morgan fingerprint density at radius 1 is 1.04 bits per heavy atom. The molecule has 2 N–H and O–H groups in total. The van der Waals surface area contributed by atoms with Crippen molar-refractivity contribution in [2.24, 2.45) is 0 Å². The van der Waals surface area contributed by atoms with E-state index in [4.69, 9.17) is 18.9 Å². The Morgan fingerprint density at radius 2 is 1.86 bits per heavy atom. The van der Waals surface area contributed by atoms with Gasteiger partial charge in [0.15, 0.2) is 28.8 Å². The van der Waals surface area contributed by atoms with Crippen molar-refractivity contribution in [2.75, 3.05) is 21.0 Å². The molecule has 0 radical (unpaired) electrons. The average Bonchev–Trinajstić information content (AvgIpc) is 3.40. The first kappa shape index (κ1) is 17.7. The Hall–Kier alpha value is -3.74. The van der Waals surface area contributed by atoms with Gasteiger partial charge in [-0.2, -0.15) is 5.10 Å². The molecule has 7 heteroatoms. The van der Waals surface area contributed by atoms with Crippen molar-refractivity contribution in [3.05, 3.63) is 59.8 Å². The number of fused-ring (bicyclic) bond motifs is 1. The second kappa shape index (κ2) is 7.48. The number of rotatable bonds is 6. The molecule has 142 valence electrons. The molecular weight excluding hydrogens is 360 g/mol. The van der Waals surface area contributed by atoms with Crippen molar-refractivity contribution in [1.29, 1.82) is 0 Å². The highest BCUT2D eigenvalue weighted by Crippen LogP contribution is 2.33. The van der Waals surface area contributed by atoms with Crippen molar-refractivity contribution in [3.63, 3.8) is 0 Å². The van der Waals surface area contributed by atoms with E-state index in [1.54, 1.807) is 38.5 Å². The molecule has 1 aliphatic heterocycles. The van der Waals surface area contributed by atoms with Crippen LogP contribution in [0.15, 0.2) is 48.5 Å². The first-order valence-corrected chi connectivity index (χ1v) is 8.63. The van der Waals surface area contributed by atoms with Gasteiger partial charge in [0, 0.05) is 11.6 Å². The summed E-state index contributed by atoms with van der Waals surface area (Å²) < 4.78 is 21.2. The smallest absolute Gasteiger partial charge is 0.236 e. The normalized spacial score (nSPS) is 12.4. The van der Waals surface area contributed by atoms with E-state index in [1.165, 1.54) is 6.08 Å². The molecule has 28 heavy (non-hydrogen) atoms. The molecule has 0 saturated carbocycles. The van der Waals surface area contributed by atoms with Gasteiger partial charge in [0.05, 0.1) is 19.8 Å². The fourth-order valence-corrected chi connectivity index (χ4v) is 2.93. The Labute approximate surface area is 161 Å². The Balaban J connectivity index is 1.51. The van der Waals surface area contributed by atoms with E-state index in [2.05, 4.69) is 10.2 Å². The maximum Gasteiger partial charge on any atom is 0.236 e. The number of nitrogens with one attached hydrogen (secondary N) is 2. The summed E-state index contributed by atoms with van der Waals surface area (Å²) in [5.41, 5.74) is 3.09. The molecule has 1 aromatic heterocycles. The van der Waals surface area contributed by atoms with Crippen LogP contribution in [-0.2, 0) is 0 Å². The zero-order valence-electron chi connectivity index (χ0n) is 15.4. The van der Waals surface area contributed by atoms with Crippen LogP contribution in [0.1, 0.15) is 16.1 Å². The van der Waals surface area contributed by atoms with Crippen LogP contribution in [0.3, 0.4) is 0 Å². The van der Waals surface area contributed by atoms with Gasteiger partial charge in [0.1, 0.15) is 5.69 Å². The molecule has 3 aromatic rings. The quantitative estimate of drug-likeness (QED) is 0.525. The molecule has 0 unspecified atom stereocenters. The van der Waals surface area contributed by atoms with Crippen molar-refractivity contribution < 1.29 is 28.8 Å². The molecule has 0 aliphatic carbocycles. The number of methoxy groups -OCH3 is 2.